The van der Waals surface area contributed by atoms with Crippen molar-refractivity contribution < 1.29 is 19.1 Å². The number of rotatable bonds is 9. The van der Waals surface area contributed by atoms with Gasteiger partial charge in [-0.15, -0.1) is 6.42 Å². The summed E-state index contributed by atoms with van der Waals surface area (Å²) >= 11 is 0. The number of anilines is 1. The predicted molar refractivity (Wildman–Crippen MR) is 169 cm³/mol. The number of hydrogen-bond donors (Lipinski definition) is 2. The second-order valence-corrected chi connectivity index (χ2v) is 12.3. The van der Waals surface area contributed by atoms with Gasteiger partial charge in [0.05, 0.1) is 0 Å². The summed E-state index contributed by atoms with van der Waals surface area (Å²) in [6.45, 7) is 11.2. The van der Waals surface area contributed by atoms with Crippen molar-refractivity contribution >= 4 is 23.6 Å². The molecule has 0 spiro atoms. The van der Waals surface area contributed by atoms with Crippen LogP contribution in [0.4, 0.5) is 10.5 Å². The number of alkyl carbamates (subject to hydrolysis) is 1. The first-order valence-corrected chi connectivity index (χ1v) is 14.7. The van der Waals surface area contributed by atoms with Gasteiger partial charge < -0.3 is 20.3 Å². The third-order valence-electron chi connectivity index (χ3n) is 7.60. The van der Waals surface area contributed by atoms with Gasteiger partial charge >= 0.3 is 6.09 Å². The molecule has 1 fully saturated rings. The summed E-state index contributed by atoms with van der Waals surface area (Å²) in [6.07, 6.45) is 5.89. The van der Waals surface area contributed by atoms with Crippen LogP contribution in [0.25, 0.3) is 0 Å². The number of para-hydroxylation sites is 1. The third-order valence-corrected chi connectivity index (χ3v) is 7.60. The van der Waals surface area contributed by atoms with Gasteiger partial charge in [0.25, 0.3) is 5.91 Å². The van der Waals surface area contributed by atoms with Crippen molar-refractivity contribution in [3.05, 3.63) is 101 Å². The molecule has 0 bridgehead atoms. The van der Waals surface area contributed by atoms with Crippen LogP contribution in [-0.4, -0.2) is 40.5 Å². The molecule has 4 unspecified atom stereocenters. The van der Waals surface area contributed by atoms with E-state index in [1.807, 2.05) is 62.4 Å². The van der Waals surface area contributed by atoms with Crippen LogP contribution >= 0.6 is 0 Å². The highest BCUT2D eigenvalue weighted by atomic mass is 16.6. The van der Waals surface area contributed by atoms with E-state index in [1.54, 1.807) is 49.9 Å². The van der Waals surface area contributed by atoms with Crippen LogP contribution in [0, 0.1) is 32.1 Å². The summed E-state index contributed by atoms with van der Waals surface area (Å²) in [5.41, 5.74) is 3.97. The van der Waals surface area contributed by atoms with Gasteiger partial charge in [-0.1, -0.05) is 73.5 Å². The van der Waals surface area contributed by atoms with Crippen molar-refractivity contribution in [1.29, 1.82) is 0 Å². The van der Waals surface area contributed by atoms with Crippen LogP contribution in [0.15, 0.2) is 72.8 Å². The Balaban J connectivity index is 1.77. The van der Waals surface area contributed by atoms with Gasteiger partial charge in [0.15, 0.2) is 0 Å². The molecule has 3 aromatic rings. The minimum atomic E-state index is -0.967. The van der Waals surface area contributed by atoms with E-state index in [4.69, 9.17) is 11.2 Å². The molecule has 224 valence electrons. The lowest BCUT2D eigenvalue weighted by Gasteiger charge is -2.35. The van der Waals surface area contributed by atoms with Gasteiger partial charge in [-0.05, 0) is 81.3 Å². The van der Waals surface area contributed by atoms with Crippen LogP contribution in [0.3, 0.4) is 0 Å². The van der Waals surface area contributed by atoms with Crippen molar-refractivity contribution in [3.8, 4) is 12.3 Å². The molecule has 4 atom stereocenters. The molecule has 1 aliphatic carbocycles. The summed E-state index contributed by atoms with van der Waals surface area (Å²) in [6, 6.07) is 20.3. The first-order chi connectivity index (χ1) is 20.4. The zero-order valence-corrected chi connectivity index (χ0v) is 25.8. The Bertz CT molecular complexity index is 1480. The van der Waals surface area contributed by atoms with E-state index in [9.17, 15) is 14.4 Å². The maximum Gasteiger partial charge on any atom is 0.408 e. The van der Waals surface area contributed by atoms with E-state index < -0.39 is 23.8 Å². The van der Waals surface area contributed by atoms with Crippen molar-refractivity contribution in [2.45, 2.75) is 78.1 Å². The Morgan fingerprint density at radius 3 is 2.12 bits per heavy atom. The number of ether oxygens (including phenoxy) is 1. The fourth-order valence-corrected chi connectivity index (χ4v) is 5.25. The van der Waals surface area contributed by atoms with Crippen LogP contribution in [-0.2, 0) is 20.7 Å². The summed E-state index contributed by atoms with van der Waals surface area (Å²) in [7, 11) is 0. The van der Waals surface area contributed by atoms with Gasteiger partial charge in [-0.2, -0.15) is 0 Å². The molecular weight excluding hydrogens is 538 g/mol. The molecule has 1 aliphatic rings. The Kier molecular flexibility index (Phi) is 9.60. The zero-order chi connectivity index (χ0) is 31.3. The topological polar surface area (TPSA) is 87.7 Å². The quantitative estimate of drug-likeness (QED) is 0.290. The molecule has 7 nitrogen and oxygen atoms in total. The van der Waals surface area contributed by atoms with Crippen LogP contribution in [0.1, 0.15) is 68.0 Å². The molecular formula is C36H41N3O4. The number of hydrogen-bond acceptors (Lipinski definition) is 4. The molecule has 2 N–H and O–H groups in total. The van der Waals surface area contributed by atoms with Gasteiger partial charge in [0.1, 0.15) is 17.7 Å². The highest BCUT2D eigenvalue weighted by Gasteiger charge is 2.48. The first-order valence-electron chi connectivity index (χ1n) is 14.7. The minimum Gasteiger partial charge on any atom is -0.444 e. The monoisotopic (exact) mass is 579 g/mol. The second kappa shape index (κ2) is 13.2. The van der Waals surface area contributed by atoms with Crippen molar-refractivity contribution in [2.24, 2.45) is 5.92 Å². The molecule has 43 heavy (non-hydrogen) atoms. The number of carbonyl (C=O) groups is 3. The molecule has 0 saturated heterocycles. The molecule has 4 rings (SSSR count). The normalized spacial score (nSPS) is 17.1. The maximum atomic E-state index is 14.6. The standard InChI is InChI=1S/C36H41N3O4/c1-8-26-17-19-28(20-18-26)32(33(40)38-31-23(2)13-12-14-24(31)3)39(30-21-25(30)4)34(41)29(22-27-15-10-9-11-16-27)37-35(42)43-36(5,6)7/h1,9-20,25,29-30,32H,21-22H2,2-7H3,(H,37,42)(H,38,40). The number of carbonyl (C=O) groups excluding carboxylic acids is 3. The molecule has 0 heterocycles. The summed E-state index contributed by atoms with van der Waals surface area (Å²) < 4.78 is 5.54. The predicted octanol–water partition coefficient (Wildman–Crippen LogP) is 6.34. The largest absolute Gasteiger partial charge is 0.444 e. The van der Waals surface area contributed by atoms with E-state index in [1.165, 1.54) is 0 Å². The first kappa shape index (κ1) is 31.4. The Labute approximate surface area is 255 Å². The number of benzene rings is 3. The molecule has 1 saturated carbocycles. The smallest absolute Gasteiger partial charge is 0.408 e. The van der Waals surface area contributed by atoms with Crippen LogP contribution in [0.2, 0.25) is 0 Å². The fourth-order valence-electron chi connectivity index (χ4n) is 5.25. The van der Waals surface area contributed by atoms with E-state index in [-0.39, 0.29) is 30.2 Å². The van der Waals surface area contributed by atoms with E-state index in [0.717, 1.165) is 23.1 Å². The highest BCUT2D eigenvalue weighted by molar-refractivity contribution is 6.00. The van der Waals surface area contributed by atoms with Gasteiger partial charge in [-0.3, -0.25) is 9.59 Å². The molecule has 7 heteroatoms. The number of terminal acetylenes is 1. The van der Waals surface area contributed by atoms with E-state index >= 15 is 0 Å². The Hall–Kier alpha value is -4.57. The maximum absolute atomic E-state index is 14.6. The molecule has 0 radical (unpaired) electrons. The second-order valence-electron chi connectivity index (χ2n) is 12.3. The lowest BCUT2D eigenvalue weighted by Crippen LogP contribution is -2.54. The highest BCUT2D eigenvalue weighted by Crippen LogP contribution is 2.41. The number of amides is 3. The van der Waals surface area contributed by atoms with Gasteiger partial charge in [-0.25, -0.2) is 4.79 Å². The summed E-state index contributed by atoms with van der Waals surface area (Å²) in [4.78, 5) is 43.6. The molecule has 3 aromatic carbocycles. The third kappa shape index (κ3) is 8.04. The van der Waals surface area contributed by atoms with E-state index in [2.05, 4.69) is 23.5 Å². The summed E-state index contributed by atoms with van der Waals surface area (Å²) in [5.74, 6) is 2.10. The average molecular weight is 580 g/mol. The number of aryl methyl sites for hydroxylation is 2. The zero-order valence-electron chi connectivity index (χ0n) is 25.8. The molecule has 0 aliphatic heterocycles. The molecule has 0 aromatic heterocycles. The van der Waals surface area contributed by atoms with Crippen molar-refractivity contribution in [1.82, 2.24) is 10.2 Å². The van der Waals surface area contributed by atoms with Gasteiger partial charge in [0, 0.05) is 23.7 Å². The minimum absolute atomic E-state index is 0.184. The van der Waals surface area contributed by atoms with Crippen molar-refractivity contribution in [3.63, 3.8) is 0 Å². The van der Waals surface area contributed by atoms with Crippen LogP contribution in [0.5, 0.6) is 0 Å². The Morgan fingerprint density at radius 1 is 0.977 bits per heavy atom. The Morgan fingerprint density at radius 2 is 1.58 bits per heavy atom. The average Bonchev–Trinajstić information content (AvgIpc) is 3.68. The lowest BCUT2D eigenvalue weighted by atomic mass is 9.98. The fraction of sp³-hybridized carbons (Fsp3) is 0.361. The van der Waals surface area contributed by atoms with E-state index in [0.29, 0.717) is 16.8 Å². The summed E-state index contributed by atoms with van der Waals surface area (Å²) in [5, 5.41) is 5.93. The van der Waals surface area contributed by atoms with Gasteiger partial charge in [0.2, 0.25) is 5.91 Å². The SMILES string of the molecule is C#Cc1ccc(C(C(=O)Nc2c(C)cccc2C)N(C(=O)C(Cc2ccccc2)NC(=O)OC(C)(C)C)C2CC2C)cc1. The van der Waals surface area contributed by atoms with Crippen molar-refractivity contribution in [2.75, 3.05) is 5.32 Å². The number of nitrogens with zero attached hydrogens (tertiary/aromatic N) is 1. The van der Waals surface area contributed by atoms with Crippen LogP contribution < -0.4 is 10.6 Å². The lowest BCUT2D eigenvalue weighted by molar-refractivity contribution is -0.141. The number of nitrogens with one attached hydrogen (secondary N) is 2. The molecule has 3 amide bonds.